The summed E-state index contributed by atoms with van der Waals surface area (Å²) < 4.78 is 1.78. The summed E-state index contributed by atoms with van der Waals surface area (Å²) in [4.78, 5) is 9.05. The zero-order valence-electron chi connectivity index (χ0n) is 11.0. The molecule has 0 aliphatic heterocycles. The molecule has 0 saturated carbocycles. The van der Waals surface area contributed by atoms with Crippen LogP contribution in [0.5, 0.6) is 0 Å². The lowest BCUT2D eigenvalue weighted by Gasteiger charge is -2.10. The maximum atomic E-state index is 6.17. The molecule has 3 nitrogen and oxygen atoms in total. The molecule has 0 atom stereocenters. The third-order valence-corrected chi connectivity index (χ3v) is 4.73. The Morgan fingerprint density at radius 1 is 1.14 bits per heavy atom. The third-order valence-electron chi connectivity index (χ3n) is 3.26. The number of benzene rings is 2. The van der Waals surface area contributed by atoms with Crippen molar-refractivity contribution in [1.29, 1.82) is 0 Å². The minimum absolute atomic E-state index is 0.441. The lowest BCUT2D eigenvalue weighted by Crippen LogP contribution is -1.99. The highest BCUT2D eigenvalue weighted by molar-refractivity contribution is 9.11. The van der Waals surface area contributed by atoms with E-state index in [0.29, 0.717) is 16.7 Å². The summed E-state index contributed by atoms with van der Waals surface area (Å²) in [5.74, 6) is 1.01. The Labute approximate surface area is 143 Å². The Balaban J connectivity index is 2.33. The van der Waals surface area contributed by atoms with Gasteiger partial charge < -0.3 is 5.73 Å². The average molecular weight is 428 g/mol. The Morgan fingerprint density at radius 3 is 2.67 bits per heavy atom. The quantitative estimate of drug-likeness (QED) is 0.568. The molecule has 3 rings (SSSR count). The highest BCUT2D eigenvalue weighted by Crippen LogP contribution is 2.33. The summed E-state index contributed by atoms with van der Waals surface area (Å²) in [6.45, 7) is 1.94. The zero-order valence-corrected chi connectivity index (χ0v) is 14.9. The van der Waals surface area contributed by atoms with E-state index in [4.69, 9.17) is 17.3 Å². The van der Waals surface area contributed by atoms with Crippen molar-refractivity contribution < 1.29 is 0 Å². The van der Waals surface area contributed by atoms with Gasteiger partial charge in [-0.2, -0.15) is 0 Å². The van der Waals surface area contributed by atoms with Crippen molar-refractivity contribution >= 4 is 60.2 Å². The summed E-state index contributed by atoms with van der Waals surface area (Å²) in [7, 11) is 0. The molecule has 0 amide bonds. The van der Waals surface area contributed by atoms with Crippen molar-refractivity contribution in [3.8, 4) is 11.4 Å². The first-order valence-corrected chi connectivity index (χ1v) is 8.11. The van der Waals surface area contributed by atoms with Gasteiger partial charge >= 0.3 is 0 Å². The van der Waals surface area contributed by atoms with Gasteiger partial charge in [0.05, 0.1) is 5.52 Å². The summed E-state index contributed by atoms with van der Waals surface area (Å²) in [5, 5.41) is 1.49. The third kappa shape index (κ3) is 2.65. The Morgan fingerprint density at radius 2 is 1.90 bits per heavy atom. The fourth-order valence-corrected chi connectivity index (χ4v) is 3.64. The summed E-state index contributed by atoms with van der Waals surface area (Å²) >= 11 is 13.1. The van der Waals surface area contributed by atoms with Crippen molar-refractivity contribution in [1.82, 2.24) is 9.97 Å². The SMILES string of the molecule is Cc1c(Cl)cccc1-c1nc(N)c2cc(Br)cc(Br)c2n1. The van der Waals surface area contributed by atoms with Crippen LogP contribution < -0.4 is 5.73 Å². The molecular weight excluding hydrogens is 417 g/mol. The monoisotopic (exact) mass is 425 g/mol. The second kappa shape index (κ2) is 5.55. The molecule has 0 unspecified atom stereocenters. The van der Waals surface area contributed by atoms with Crippen LogP contribution in [0.2, 0.25) is 5.02 Å². The van der Waals surface area contributed by atoms with Crippen LogP contribution in [-0.4, -0.2) is 9.97 Å². The van der Waals surface area contributed by atoms with E-state index in [2.05, 4.69) is 41.8 Å². The summed E-state index contributed by atoms with van der Waals surface area (Å²) in [6.07, 6.45) is 0. The summed E-state index contributed by atoms with van der Waals surface area (Å²) in [5.41, 5.74) is 8.69. The van der Waals surface area contributed by atoms with E-state index in [0.717, 1.165) is 31.0 Å². The van der Waals surface area contributed by atoms with E-state index in [1.54, 1.807) is 0 Å². The second-order valence-corrected chi connectivity index (χ2v) is 6.81. The van der Waals surface area contributed by atoms with Crippen molar-refractivity contribution in [2.24, 2.45) is 0 Å². The van der Waals surface area contributed by atoms with Crippen molar-refractivity contribution in [2.75, 3.05) is 5.73 Å². The van der Waals surface area contributed by atoms with E-state index in [1.165, 1.54) is 0 Å². The van der Waals surface area contributed by atoms with Gasteiger partial charge in [-0.3, -0.25) is 0 Å². The zero-order chi connectivity index (χ0) is 15.1. The molecular formula is C15H10Br2ClN3. The van der Waals surface area contributed by atoms with E-state index in [-0.39, 0.29) is 0 Å². The fourth-order valence-electron chi connectivity index (χ4n) is 2.15. The summed E-state index contributed by atoms with van der Waals surface area (Å²) in [6, 6.07) is 9.50. The number of hydrogen-bond donors (Lipinski definition) is 1. The van der Waals surface area contributed by atoms with Crippen LogP contribution in [0.15, 0.2) is 39.3 Å². The molecule has 6 heteroatoms. The number of hydrogen-bond acceptors (Lipinski definition) is 3. The van der Waals surface area contributed by atoms with Crippen LogP contribution in [0.3, 0.4) is 0 Å². The smallest absolute Gasteiger partial charge is 0.162 e. The molecule has 0 radical (unpaired) electrons. The van der Waals surface area contributed by atoms with Crippen LogP contribution in [0.1, 0.15) is 5.56 Å². The van der Waals surface area contributed by atoms with Crippen LogP contribution in [0, 0.1) is 6.92 Å². The molecule has 3 aromatic rings. The van der Waals surface area contributed by atoms with Gasteiger partial charge in [0.25, 0.3) is 0 Å². The fraction of sp³-hybridized carbons (Fsp3) is 0.0667. The standard InChI is InChI=1S/C15H10Br2ClN3/c1-7-9(3-2-4-12(7)18)15-20-13-10(14(19)21-15)5-8(16)6-11(13)17/h2-6H,1H3,(H2,19,20,21). The largest absolute Gasteiger partial charge is 0.383 e. The molecule has 0 aliphatic carbocycles. The first-order valence-electron chi connectivity index (χ1n) is 6.15. The number of nitrogens with zero attached hydrogens (tertiary/aromatic N) is 2. The van der Waals surface area contributed by atoms with Crippen LogP contribution in [0.25, 0.3) is 22.3 Å². The van der Waals surface area contributed by atoms with Gasteiger partial charge in [0.1, 0.15) is 5.82 Å². The van der Waals surface area contributed by atoms with Gasteiger partial charge in [-0.05, 0) is 46.6 Å². The normalized spacial score (nSPS) is 11.0. The first kappa shape index (κ1) is 14.8. The second-order valence-electron chi connectivity index (χ2n) is 4.63. The van der Waals surface area contributed by atoms with Gasteiger partial charge in [0.2, 0.25) is 0 Å². The number of fused-ring (bicyclic) bond motifs is 1. The first-order chi connectivity index (χ1) is 9.97. The van der Waals surface area contributed by atoms with Crippen LogP contribution >= 0.6 is 43.5 Å². The van der Waals surface area contributed by atoms with E-state index < -0.39 is 0 Å². The molecule has 0 fully saturated rings. The van der Waals surface area contributed by atoms with E-state index in [9.17, 15) is 0 Å². The molecule has 21 heavy (non-hydrogen) atoms. The van der Waals surface area contributed by atoms with Crippen molar-refractivity contribution in [3.05, 3.63) is 49.9 Å². The molecule has 0 saturated heterocycles. The lowest BCUT2D eigenvalue weighted by molar-refractivity contribution is 1.22. The molecule has 0 bridgehead atoms. The average Bonchev–Trinajstić information content (AvgIpc) is 2.43. The molecule has 0 aliphatic rings. The highest BCUT2D eigenvalue weighted by Gasteiger charge is 2.13. The lowest BCUT2D eigenvalue weighted by atomic mass is 10.1. The highest BCUT2D eigenvalue weighted by atomic mass is 79.9. The molecule has 106 valence electrons. The van der Waals surface area contributed by atoms with Crippen molar-refractivity contribution in [3.63, 3.8) is 0 Å². The number of rotatable bonds is 1. The minimum atomic E-state index is 0.441. The Kier molecular flexibility index (Phi) is 3.90. The predicted octanol–water partition coefficient (Wildman–Crippen LogP) is 5.37. The topological polar surface area (TPSA) is 51.8 Å². The maximum Gasteiger partial charge on any atom is 0.162 e. The minimum Gasteiger partial charge on any atom is -0.383 e. The van der Waals surface area contributed by atoms with Crippen LogP contribution in [-0.2, 0) is 0 Å². The number of nitrogen functional groups attached to an aromatic ring is 1. The molecule has 2 aromatic carbocycles. The van der Waals surface area contributed by atoms with Gasteiger partial charge in [0.15, 0.2) is 5.82 Å². The number of aromatic nitrogens is 2. The van der Waals surface area contributed by atoms with Gasteiger partial charge in [-0.25, -0.2) is 9.97 Å². The van der Waals surface area contributed by atoms with Crippen LogP contribution in [0.4, 0.5) is 5.82 Å². The number of anilines is 1. The molecule has 2 N–H and O–H groups in total. The van der Waals surface area contributed by atoms with Gasteiger partial charge in [0, 0.05) is 24.9 Å². The van der Waals surface area contributed by atoms with Gasteiger partial charge in [-0.1, -0.05) is 39.7 Å². The Hall–Kier alpha value is -1.17. The molecule has 1 heterocycles. The number of halogens is 3. The maximum absolute atomic E-state index is 6.17. The Bertz CT molecular complexity index is 865. The van der Waals surface area contributed by atoms with E-state index >= 15 is 0 Å². The van der Waals surface area contributed by atoms with Crippen molar-refractivity contribution in [2.45, 2.75) is 6.92 Å². The number of nitrogens with two attached hydrogens (primary N) is 1. The molecule has 1 aromatic heterocycles. The molecule has 0 spiro atoms. The van der Waals surface area contributed by atoms with Gasteiger partial charge in [-0.15, -0.1) is 0 Å². The predicted molar refractivity (Wildman–Crippen MR) is 94.5 cm³/mol. The van der Waals surface area contributed by atoms with E-state index in [1.807, 2.05) is 37.3 Å².